The second-order valence-electron chi connectivity index (χ2n) is 10.3. The van der Waals surface area contributed by atoms with E-state index in [9.17, 15) is 9.90 Å². The first kappa shape index (κ1) is 22.0. The van der Waals surface area contributed by atoms with Crippen LogP contribution < -0.4 is 10.1 Å². The van der Waals surface area contributed by atoms with Crippen molar-refractivity contribution in [3.8, 4) is 5.75 Å². The summed E-state index contributed by atoms with van der Waals surface area (Å²) < 4.78 is 13.0. The Hall–Kier alpha value is -2.16. The third-order valence-corrected chi connectivity index (χ3v) is 6.33. The van der Waals surface area contributed by atoms with Crippen LogP contribution in [0.3, 0.4) is 0 Å². The Kier molecular flexibility index (Phi) is 5.31. The third-order valence-electron chi connectivity index (χ3n) is 6.33. The number of hydrogen-bond donors (Lipinski definition) is 2. The van der Waals surface area contributed by atoms with E-state index < -0.39 is 17.6 Å². The lowest BCUT2D eigenvalue weighted by molar-refractivity contribution is -0.236. The highest BCUT2D eigenvalue weighted by atomic mass is 16.6. The molecule has 1 saturated heterocycles. The molecule has 8 nitrogen and oxygen atoms in total. The zero-order chi connectivity index (χ0) is 22.7. The molecule has 0 spiro atoms. The molecule has 0 bridgehead atoms. The minimum atomic E-state index is -0.927. The number of aliphatic hydroxyl groups is 1. The summed E-state index contributed by atoms with van der Waals surface area (Å²) >= 11 is 0. The van der Waals surface area contributed by atoms with Crippen molar-refractivity contribution < 1.29 is 19.4 Å². The third kappa shape index (κ3) is 4.16. The number of amides is 1. The minimum absolute atomic E-state index is 0.0234. The van der Waals surface area contributed by atoms with Gasteiger partial charge in [-0.05, 0) is 59.4 Å². The second kappa shape index (κ2) is 7.46. The number of aryl methyl sites for hydroxylation is 1. The molecule has 2 aromatic heterocycles. The SMILES string of the molecule is COc1ccn2c(C(C)(C)NC(=O)[C@H]3[C@@H]4CN(C(O)OC(C)(C)C)C[C@@H]43)nc(C)c2c1. The van der Waals surface area contributed by atoms with E-state index >= 15 is 0 Å². The highest BCUT2D eigenvalue weighted by Crippen LogP contribution is 2.52. The second-order valence-corrected chi connectivity index (χ2v) is 10.3. The molecule has 2 fully saturated rings. The molecule has 8 heteroatoms. The molecule has 1 aliphatic carbocycles. The number of nitrogens with zero attached hydrogens (tertiary/aromatic N) is 3. The van der Waals surface area contributed by atoms with Gasteiger partial charge in [-0.3, -0.25) is 9.69 Å². The number of methoxy groups -OCH3 is 1. The van der Waals surface area contributed by atoms with E-state index in [-0.39, 0.29) is 23.7 Å². The normalized spacial score (nSPS) is 24.8. The molecule has 0 aromatic carbocycles. The van der Waals surface area contributed by atoms with Crippen molar-refractivity contribution in [3.63, 3.8) is 0 Å². The zero-order valence-electron chi connectivity index (χ0n) is 19.5. The number of nitrogens with one attached hydrogen (secondary N) is 1. The molecule has 170 valence electrons. The van der Waals surface area contributed by atoms with Gasteiger partial charge >= 0.3 is 0 Å². The molecule has 3 heterocycles. The number of piperidine rings is 1. The first-order chi connectivity index (χ1) is 14.4. The predicted molar refractivity (Wildman–Crippen MR) is 117 cm³/mol. The van der Waals surface area contributed by atoms with Gasteiger partial charge in [-0.2, -0.15) is 0 Å². The summed E-state index contributed by atoms with van der Waals surface area (Å²) in [4.78, 5) is 19.7. The summed E-state index contributed by atoms with van der Waals surface area (Å²) in [5, 5.41) is 13.5. The summed E-state index contributed by atoms with van der Waals surface area (Å²) in [5.74, 6) is 2.11. The maximum absolute atomic E-state index is 13.1. The van der Waals surface area contributed by atoms with Crippen LogP contribution >= 0.6 is 0 Å². The Bertz CT molecular complexity index is 981. The van der Waals surface area contributed by atoms with E-state index in [1.54, 1.807) is 7.11 Å². The average Bonchev–Trinajstić information content (AvgIpc) is 3.00. The van der Waals surface area contributed by atoms with Crippen LogP contribution in [0, 0.1) is 24.7 Å². The van der Waals surface area contributed by atoms with Gasteiger partial charge in [-0.25, -0.2) is 4.98 Å². The number of carbonyl (C=O) groups is 1. The zero-order valence-corrected chi connectivity index (χ0v) is 19.5. The van der Waals surface area contributed by atoms with Crippen LogP contribution in [0.5, 0.6) is 5.75 Å². The van der Waals surface area contributed by atoms with E-state index in [0.29, 0.717) is 13.1 Å². The Labute approximate surface area is 183 Å². The number of pyridine rings is 1. The number of aliphatic hydroxyl groups excluding tert-OH is 1. The molecule has 1 aliphatic heterocycles. The number of likely N-dealkylation sites (tertiary alicyclic amines) is 1. The van der Waals surface area contributed by atoms with E-state index in [1.165, 1.54) is 0 Å². The van der Waals surface area contributed by atoms with Gasteiger partial charge in [0.05, 0.1) is 29.5 Å². The molecule has 31 heavy (non-hydrogen) atoms. The Morgan fingerprint density at radius 3 is 2.48 bits per heavy atom. The standard InChI is InChI=1S/C23H34N4O4/c1-13-17-10-14(30-7)8-9-27(17)20(24-13)23(5,6)25-19(28)18-15-11-26(12-16(15)18)21(29)31-22(2,3)4/h8-10,15-16,18,21,29H,11-12H2,1-7H3,(H,25,28)/t15-,16+,18+,21?. The molecule has 1 saturated carbocycles. The van der Waals surface area contributed by atoms with Gasteiger partial charge in [0.2, 0.25) is 12.3 Å². The molecule has 1 unspecified atom stereocenters. The van der Waals surface area contributed by atoms with Crippen molar-refractivity contribution in [2.24, 2.45) is 17.8 Å². The highest BCUT2D eigenvalue weighted by Gasteiger charge is 2.60. The van der Waals surface area contributed by atoms with Crippen LogP contribution in [0.25, 0.3) is 5.52 Å². The number of aromatic nitrogens is 2. The van der Waals surface area contributed by atoms with Gasteiger partial charge in [0, 0.05) is 31.3 Å². The number of rotatable bonds is 6. The summed E-state index contributed by atoms with van der Waals surface area (Å²) in [5.41, 5.74) is 0.808. The van der Waals surface area contributed by atoms with Crippen LogP contribution in [0.2, 0.25) is 0 Å². The van der Waals surface area contributed by atoms with Gasteiger partial charge < -0.3 is 24.3 Å². The van der Waals surface area contributed by atoms with Gasteiger partial charge in [-0.1, -0.05) is 0 Å². The van der Waals surface area contributed by atoms with Gasteiger partial charge in [0.1, 0.15) is 11.6 Å². The lowest BCUT2D eigenvalue weighted by Crippen LogP contribution is -2.46. The lowest BCUT2D eigenvalue weighted by Gasteiger charge is -2.31. The van der Waals surface area contributed by atoms with E-state index in [4.69, 9.17) is 14.5 Å². The first-order valence-electron chi connectivity index (χ1n) is 10.9. The lowest BCUT2D eigenvalue weighted by atomic mass is 10.0. The Balaban J connectivity index is 1.42. The Morgan fingerprint density at radius 2 is 1.90 bits per heavy atom. The number of fused-ring (bicyclic) bond motifs is 2. The Morgan fingerprint density at radius 1 is 1.26 bits per heavy atom. The number of imidazole rings is 1. The number of hydrogen-bond acceptors (Lipinski definition) is 6. The highest BCUT2D eigenvalue weighted by molar-refractivity contribution is 5.83. The van der Waals surface area contributed by atoms with Crippen LogP contribution in [-0.4, -0.2) is 57.5 Å². The molecular formula is C23H34N4O4. The summed E-state index contributed by atoms with van der Waals surface area (Å²) in [7, 11) is 1.64. The number of ether oxygens (including phenoxy) is 2. The summed E-state index contributed by atoms with van der Waals surface area (Å²) in [6, 6.07) is 3.84. The van der Waals surface area contributed by atoms with Gasteiger partial charge in [0.25, 0.3) is 0 Å². The maximum Gasteiger partial charge on any atom is 0.224 e. The number of carbonyl (C=O) groups excluding carboxylic acids is 1. The molecule has 2 aromatic rings. The smallest absolute Gasteiger partial charge is 0.224 e. The van der Waals surface area contributed by atoms with Crippen molar-refractivity contribution in [3.05, 3.63) is 29.8 Å². The van der Waals surface area contributed by atoms with Crippen LogP contribution in [0.4, 0.5) is 0 Å². The topological polar surface area (TPSA) is 88.3 Å². The van der Waals surface area contributed by atoms with Crippen molar-refractivity contribution >= 4 is 11.4 Å². The fourth-order valence-corrected chi connectivity index (χ4v) is 4.75. The molecule has 0 radical (unpaired) electrons. The van der Waals surface area contributed by atoms with E-state index in [1.807, 2.05) is 69.2 Å². The van der Waals surface area contributed by atoms with Gasteiger partial charge in [-0.15, -0.1) is 0 Å². The van der Waals surface area contributed by atoms with Crippen LogP contribution in [0.15, 0.2) is 18.3 Å². The largest absolute Gasteiger partial charge is 0.497 e. The molecule has 2 N–H and O–H groups in total. The van der Waals surface area contributed by atoms with Crippen LogP contribution in [0.1, 0.15) is 46.1 Å². The quantitative estimate of drug-likeness (QED) is 0.684. The fourth-order valence-electron chi connectivity index (χ4n) is 4.75. The maximum atomic E-state index is 13.1. The predicted octanol–water partition coefficient (Wildman–Crippen LogP) is 2.27. The molecular weight excluding hydrogens is 396 g/mol. The molecule has 4 rings (SSSR count). The molecule has 2 aliphatic rings. The van der Waals surface area contributed by atoms with Crippen molar-refractivity contribution in [1.29, 1.82) is 0 Å². The van der Waals surface area contributed by atoms with E-state index in [2.05, 4.69) is 5.32 Å². The monoisotopic (exact) mass is 430 g/mol. The minimum Gasteiger partial charge on any atom is -0.497 e. The van der Waals surface area contributed by atoms with E-state index in [0.717, 1.165) is 22.8 Å². The van der Waals surface area contributed by atoms with Gasteiger partial charge in [0.15, 0.2) is 0 Å². The molecule has 1 amide bonds. The van der Waals surface area contributed by atoms with Crippen LogP contribution in [-0.2, 0) is 15.1 Å². The summed E-state index contributed by atoms with van der Waals surface area (Å²) in [6.07, 6.45) is 1.00. The van der Waals surface area contributed by atoms with Crippen molar-refractivity contribution in [2.45, 2.75) is 59.1 Å². The average molecular weight is 431 g/mol. The first-order valence-corrected chi connectivity index (χ1v) is 10.9. The van der Waals surface area contributed by atoms with Crippen molar-refractivity contribution in [1.82, 2.24) is 19.6 Å². The van der Waals surface area contributed by atoms with Crippen molar-refractivity contribution in [2.75, 3.05) is 20.2 Å². The summed E-state index contributed by atoms with van der Waals surface area (Å²) in [6.45, 7) is 13.0. The molecule has 4 atom stereocenters. The fraction of sp³-hybridized carbons (Fsp3) is 0.652.